The van der Waals surface area contributed by atoms with E-state index in [1.807, 2.05) is 6.92 Å². The van der Waals surface area contributed by atoms with Gasteiger partial charge >= 0.3 is 0 Å². The first kappa shape index (κ1) is 24.0. The normalized spacial score (nSPS) is 28.0. The summed E-state index contributed by atoms with van der Waals surface area (Å²) in [6, 6.07) is 8.69. The minimum Gasteiger partial charge on any atom is -0.325 e. The first-order valence-electron chi connectivity index (χ1n) is 14.1. The number of anilines is 1. The standard InChI is InChI=1S/C30H35N3O2S2/c1-2-33-28(35)26-23-5-3-4-6-24(23)37-27(26)32-29(33)36-17-25(34)31-22-9-7-21(8-10-22)30-14-18-11-19(15-30)13-20(12-18)16-30/h7-10,18-20H,2-6,11-17H2,1H3,(H,31,34). The van der Waals surface area contributed by atoms with Crippen molar-refractivity contribution < 1.29 is 4.79 Å². The zero-order chi connectivity index (χ0) is 25.1. The van der Waals surface area contributed by atoms with E-state index in [1.54, 1.807) is 15.9 Å². The Balaban J connectivity index is 1.04. The van der Waals surface area contributed by atoms with E-state index in [4.69, 9.17) is 4.98 Å². The van der Waals surface area contributed by atoms with Crippen molar-refractivity contribution in [3.63, 3.8) is 0 Å². The number of nitrogens with one attached hydrogen (secondary N) is 1. The maximum absolute atomic E-state index is 13.3. The molecule has 37 heavy (non-hydrogen) atoms. The molecule has 3 aromatic rings. The van der Waals surface area contributed by atoms with Gasteiger partial charge in [0.2, 0.25) is 5.91 Å². The van der Waals surface area contributed by atoms with Crippen molar-refractivity contribution in [3.05, 3.63) is 50.6 Å². The van der Waals surface area contributed by atoms with Crippen LogP contribution >= 0.6 is 23.1 Å². The molecular formula is C30H35N3O2S2. The van der Waals surface area contributed by atoms with Crippen molar-refractivity contribution >= 4 is 44.9 Å². The molecule has 0 aliphatic heterocycles. The Morgan fingerprint density at radius 3 is 2.43 bits per heavy atom. The molecule has 4 saturated carbocycles. The molecule has 0 atom stereocenters. The number of benzene rings is 1. The van der Waals surface area contributed by atoms with Crippen molar-refractivity contribution in [2.45, 2.75) is 88.2 Å². The molecule has 2 heterocycles. The third-order valence-electron chi connectivity index (χ3n) is 9.51. The SMILES string of the molecule is CCn1c(SCC(=O)Nc2ccc(C34CC5CC(CC(C5)C3)C4)cc2)nc2sc3c(c2c1=O)CCCC3. The van der Waals surface area contributed by atoms with Crippen LogP contribution in [0.3, 0.4) is 0 Å². The maximum Gasteiger partial charge on any atom is 0.263 e. The molecule has 8 rings (SSSR count). The fourth-order valence-electron chi connectivity index (χ4n) is 8.31. The Bertz CT molecular complexity index is 1390. The second-order valence-corrected chi connectivity index (χ2v) is 14.0. The van der Waals surface area contributed by atoms with E-state index in [1.165, 1.54) is 72.7 Å². The van der Waals surface area contributed by atoms with E-state index in [0.29, 0.717) is 17.1 Å². The number of thioether (sulfide) groups is 1. The minimum atomic E-state index is -0.0602. The van der Waals surface area contributed by atoms with Crippen LogP contribution in [0.4, 0.5) is 5.69 Å². The minimum absolute atomic E-state index is 0.0510. The molecule has 5 aliphatic rings. The quantitative estimate of drug-likeness (QED) is 0.288. The third kappa shape index (κ3) is 4.17. The number of rotatable bonds is 6. The predicted octanol–water partition coefficient (Wildman–Crippen LogP) is 6.56. The van der Waals surface area contributed by atoms with Gasteiger partial charge < -0.3 is 5.32 Å². The van der Waals surface area contributed by atoms with Crippen LogP contribution in [0.25, 0.3) is 10.2 Å². The van der Waals surface area contributed by atoms with Crippen LogP contribution in [-0.2, 0) is 29.6 Å². The van der Waals surface area contributed by atoms with Crippen LogP contribution in [-0.4, -0.2) is 21.2 Å². The lowest BCUT2D eigenvalue weighted by molar-refractivity contribution is -0.113. The lowest BCUT2D eigenvalue weighted by Gasteiger charge is -2.57. The predicted molar refractivity (Wildman–Crippen MR) is 152 cm³/mol. The summed E-state index contributed by atoms with van der Waals surface area (Å²) >= 11 is 3.03. The number of carbonyl (C=O) groups is 1. The van der Waals surface area contributed by atoms with E-state index in [9.17, 15) is 9.59 Å². The Morgan fingerprint density at radius 1 is 1.08 bits per heavy atom. The van der Waals surface area contributed by atoms with Gasteiger partial charge in [0.25, 0.3) is 5.56 Å². The lowest BCUT2D eigenvalue weighted by Crippen LogP contribution is -2.48. The smallest absolute Gasteiger partial charge is 0.263 e. The van der Waals surface area contributed by atoms with Crippen molar-refractivity contribution in [2.75, 3.05) is 11.1 Å². The number of hydrogen-bond donors (Lipinski definition) is 1. The van der Waals surface area contributed by atoms with Gasteiger partial charge in [0.05, 0.1) is 11.1 Å². The van der Waals surface area contributed by atoms with Gasteiger partial charge in [0, 0.05) is 17.1 Å². The number of fused-ring (bicyclic) bond motifs is 3. The van der Waals surface area contributed by atoms with Crippen molar-refractivity contribution in [2.24, 2.45) is 17.8 Å². The van der Waals surface area contributed by atoms with Gasteiger partial charge in [-0.3, -0.25) is 14.2 Å². The molecule has 0 radical (unpaired) electrons. The van der Waals surface area contributed by atoms with Gasteiger partial charge in [-0.2, -0.15) is 0 Å². The molecule has 2 aromatic heterocycles. The van der Waals surface area contributed by atoms with E-state index < -0.39 is 0 Å². The number of aryl methyl sites for hydroxylation is 2. The molecule has 1 amide bonds. The number of carbonyl (C=O) groups excluding carboxylic acids is 1. The molecule has 0 saturated heterocycles. The van der Waals surface area contributed by atoms with E-state index in [0.717, 1.165) is 52.9 Å². The van der Waals surface area contributed by atoms with Crippen LogP contribution in [0, 0.1) is 17.8 Å². The van der Waals surface area contributed by atoms with Gasteiger partial charge in [-0.25, -0.2) is 4.98 Å². The number of hydrogen-bond acceptors (Lipinski definition) is 5. The number of nitrogens with zero attached hydrogens (tertiary/aromatic N) is 2. The van der Waals surface area contributed by atoms with Crippen molar-refractivity contribution in [1.29, 1.82) is 0 Å². The average Bonchev–Trinajstić information content (AvgIpc) is 3.26. The molecule has 1 N–H and O–H groups in total. The molecular weight excluding hydrogens is 498 g/mol. The summed E-state index contributed by atoms with van der Waals surface area (Å²) in [6.07, 6.45) is 12.8. The summed E-state index contributed by atoms with van der Waals surface area (Å²) in [6.45, 7) is 2.53. The summed E-state index contributed by atoms with van der Waals surface area (Å²) in [5.41, 5.74) is 3.97. The summed E-state index contributed by atoms with van der Waals surface area (Å²) in [5, 5.41) is 4.53. The van der Waals surface area contributed by atoms with Crippen LogP contribution in [0.15, 0.2) is 34.2 Å². The molecule has 0 spiro atoms. The third-order valence-corrected chi connectivity index (χ3v) is 11.7. The van der Waals surface area contributed by atoms with Gasteiger partial charge in [-0.1, -0.05) is 23.9 Å². The summed E-state index contributed by atoms with van der Waals surface area (Å²) in [7, 11) is 0. The Kier molecular flexibility index (Phi) is 6.00. The van der Waals surface area contributed by atoms with Gasteiger partial charge in [-0.15, -0.1) is 11.3 Å². The van der Waals surface area contributed by atoms with Crippen LogP contribution in [0.5, 0.6) is 0 Å². The molecule has 7 heteroatoms. The molecule has 1 aromatic carbocycles. The van der Waals surface area contributed by atoms with Crippen molar-refractivity contribution in [3.8, 4) is 0 Å². The zero-order valence-corrected chi connectivity index (χ0v) is 23.2. The summed E-state index contributed by atoms with van der Waals surface area (Å²) in [4.78, 5) is 33.2. The molecule has 5 aliphatic carbocycles. The van der Waals surface area contributed by atoms with Crippen LogP contribution in [0.2, 0.25) is 0 Å². The zero-order valence-electron chi connectivity index (χ0n) is 21.6. The van der Waals surface area contributed by atoms with E-state index >= 15 is 0 Å². The van der Waals surface area contributed by atoms with Gasteiger partial charge in [-0.05, 0) is 118 Å². The monoisotopic (exact) mass is 533 g/mol. The molecule has 194 valence electrons. The Morgan fingerprint density at radius 2 is 1.76 bits per heavy atom. The molecule has 4 fully saturated rings. The molecule has 5 nitrogen and oxygen atoms in total. The van der Waals surface area contributed by atoms with E-state index in [-0.39, 0.29) is 17.2 Å². The molecule has 4 bridgehead atoms. The van der Waals surface area contributed by atoms with Crippen LogP contribution in [0.1, 0.15) is 74.3 Å². The highest BCUT2D eigenvalue weighted by atomic mass is 32.2. The van der Waals surface area contributed by atoms with Crippen LogP contribution < -0.4 is 10.9 Å². The average molecular weight is 534 g/mol. The Labute approximate surface area is 226 Å². The number of aromatic nitrogens is 2. The van der Waals surface area contributed by atoms with Crippen molar-refractivity contribution in [1.82, 2.24) is 9.55 Å². The molecule has 0 unspecified atom stereocenters. The lowest BCUT2D eigenvalue weighted by atomic mass is 9.48. The fraction of sp³-hybridized carbons (Fsp3) is 0.567. The summed E-state index contributed by atoms with van der Waals surface area (Å²) in [5.74, 6) is 2.96. The fourth-order valence-corrected chi connectivity index (χ4v) is 10.5. The topological polar surface area (TPSA) is 64.0 Å². The number of thiophene rings is 1. The maximum atomic E-state index is 13.3. The van der Waals surface area contributed by atoms with Gasteiger partial charge in [0.1, 0.15) is 4.83 Å². The first-order valence-corrected chi connectivity index (χ1v) is 15.9. The largest absolute Gasteiger partial charge is 0.325 e. The second-order valence-electron chi connectivity index (χ2n) is 11.9. The number of amides is 1. The highest BCUT2D eigenvalue weighted by Crippen LogP contribution is 2.60. The second kappa shape index (κ2) is 9.26. The Hall–Kier alpha value is -2.12. The highest BCUT2D eigenvalue weighted by molar-refractivity contribution is 7.99. The highest BCUT2D eigenvalue weighted by Gasteiger charge is 2.51. The van der Waals surface area contributed by atoms with Gasteiger partial charge in [0.15, 0.2) is 5.16 Å². The van der Waals surface area contributed by atoms with E-state index in [2.05, 4.69) is 29.6 Å². The summed E-state index contributed by atoms with van der Waals surface area (Å²) < 4.78 is 1.74. The first-order chi connectivity index (χ1) is 18.0.